The maximum Gasteiger partial charge on any atom is 0.273 e. The fraction of sp³-hybridized carbons (Fsp3) is 0.111. The molecule has 2 heterocycles. The lowest BCUT2D eigenvalue weighted by Gasteiger charge is -2.20. The summed E-state index contributed by atoms with van der Waals surface area (Å²) in [6.45, 7) is 4.69. The van der Waals surface area contributed by atoms with Crippen molar-refractivity contribution in [2.24, 2.45) is 0 Å². The van der Waals surface area contributed by atoms with E-state index in [1.54, 1.807) is 17.0 Å². The topological polar surface area (TPSA) is 33.2 Å². The molecule has 0 aliphatic heterocycles. The molecule has 116 valence electrons. The summed E-state index contributed by atoms with van der Waals surface area (Å²) in [7, 11) is 0. The van der Waals surface area contributed by atoms with Gasteiger partial charge in [-0.3, -0.25) is 4.79 Å². The van der Waals surface area contributed by atoms with Gasteiger partial charge in [-0.05, 0) is 24.3 Å². The molecule has 3 aromatic rings. The van der Waals surface area contributed by atoms with E-state index >= 15 is 0 Å². The number of aromatic nitrogens is 1. The summed E-state index contributed by atoms with van der Waals surface area (Å²) in [5, 5.41) is 1.02. The first-order valence-corrected chi connectivity index (χ1v) is 8.37. The van der Waals surface area contributed by atoms with E-state index in [0.29, 0.717) is 18.8 Å². The molecule has 1 aromatic carbocycles. The van der Waals surface area contributed by atoms with Crippen LogP contribution in [0, 0.1) is 0 Å². The van der Waals surface area contributed by atoms with Crippen LogP contribution < -0.4 is 0 Å². The molecule has 0 bridgehead atoms. The summed E-state index contributed by atoms with van der Waals surface area (Å²) in [5.41, 5.74) is 1.25. The van der Waals surface area contributed by atoms with Crippen LogP contribution in [0.1, 0.15) is 15.4 Å². The van der Waals surface area contributed by atoms with Gasteiger partial charge in [-0.15, -0.1) is 17.9 Å². The zero-order chi connectivity index (χ0) is 16.2. The summed E-state index contributed by atoms with van der Waals surface area (Å²) in [5.74, 6) is -0.111. The number of benzene rings is 1. The van der Waals surface area contributed by atoms with Crippen molar-refractivity contribution in [1.29, 1.82) is 0 Å². The molecule has 0 unspecified atom stereocenters. The van der Waals surface area contributed by atoms with E-state index in [9.17, 15) is 4.79 Å². The fourth-order valence-electron chi connectivity index (χ4n) is 2.35. The van der Waals surface area contributed by atoms with Gasteiger partial charge in [0.1, 0.15) is 5.69 Å². The third-order valence-electron chi connectivity index (χ3n) is 3.43. The predicted molar refractivity (Wildman–Crippen MR) is 96.0 cm³/mol. The lowest BCUT2D eigenvalue weighted by atomic mass is 10.2. The molecule has 1 amide bonds. The van der Waals surface area contributed by atoms with Crippen LogP contribution in [0.3, 0.4) is 0 Å². The van der Waals surface area contributed by atoms with E-state index in [1.807, 2.05) is 42.5 Å². The second kappa shape index (κ2) is 6.94. The molecular weight excluding hydrogens is 328 g/mol. The number of hydrogen-bond donors (Lipinski definition) is 0. The van der Waals surface area contributed by atoms with Crippen LogP contribution >= 0.6 is 22.9 Å². The van der Waals surface area contributed by atoms with Crippen LogP contribution in [0.4, 0.5) is 0 Å². The molecule has 0 aliphatic carbocycles. The van der Waals surface area contributed by atoms with Gasteiger partial charge in [0.15, 0.2) is 0 Å². The van der Waals surface area contributed by atoms with E-state index in [1.165, 1.54) is 11.3 Å². The van der Waals surface area contributed by atoms with E-state index in [0.717, 1.165) is 20.1 Å². The number of carbonyl (C=O) groups is 1. The quantitative estimate of drug-likeness (QED) is 0.625. The standard InChI is InChI=1S/C18H15ClN2OS/c1-2-11-21(12-14-8-10-17(19)23-14)18(22)16-9-7-13-5-3-4-6-15(13)20-16/h2-10H,1,11-12H2. The number of nitrogens with zero attached hydrogens (tertiary/aromatic N) is 2. The van der Waals surface area contributed by atoms with Crippen molar-refractivity contribution in [3.8, 4) is 0 Å². The summed E-state index contributed by atoms with van der Waals surface area (Å²) in [4.78, 5) is 20.0. The molecule has 0 saturated carbocycles. The second-order valence-electron chi connectivity index (χ2n) is 5.07. The number of carbonyl (C=O) groups excluding carboxylic acids is 1. The third kappa shape index (κ3) is 3.60. The van der Waals surface area contributed by atoms with E-state index < -0.39 is 0 Å². The van der Waals surface area contributed by atoms with Crippen LogP contribution in [0.5, 0.6) is 0 Å². The minimum absolute atomic E-state index is 0.111. The van der Waals surface area contributed by atoms with Crippen LogP contribution in [0.2, 0.25) is 4.34 Å². The van der Waals surface area contributed by atoms with Crippen LogP contribution in [-0.2, 0) is 6.54 Å². The van der Waals surface area contributed by atoms with E-state index in [-0.39, 0.29) is 5.91 Å². The van der Waals surface area contributed by atoms with Gasteiger partial charge in [-0.2, -0.15) is 0 Å². The molecular formula is C18H15ClN2OS. The molecule has 0 N–H and O–H groups in total. The molecule has 5 heteroatoms. The van der Waals surface area contributed by atoms with Crippen molar-refractivity contribution in [2.45, 2.75) is 6.54 Å². The fourth-order valence-corrected chi connectivity index (χ4v) is 3.45. The zero-order valence-corrected chi connectivity index (χ0v) is 14.0. The molecule has 0 radical (unpaired) electrons. The van der Waals surface area contributed by atoms with Gasteiger partial charge >= 0.3 is 0 Å². The summed E-state index contributed by atoms with van der Waals surface area (Å²) in [6, 6.07) is 15.2. The highest BCUT2D eigenvalue weighted by Crippen LogP contribution is 2.23. The van der Waals surface area contributed by atoms with Crippen molar-refractivity contribution in [3.63, 3.8) is 0 Å². The van der Waals surface area contributed by atoms with Crippen molar-refractivity contribution in [3.05, 3.63) is 76.1 Å². The number of hydrogen-bond acceptors (Lipinski definition) is 3. The Morgan fingerprint density at radius 1 is 1.22 bits per heavy atom. The summed E-state index contributed by atoms with van der Waals surface area (Å²) < 4.78 is 0.717. The molecule has 0 spiro atoms. The Bertz CT molecular complexity index is 859. The second-order valence-corrected chi connectivity index (χ2v) is 6.87. The first kappa shape index (κ1) is 15.7. The monoisotopic (exact) mass is 342 g/mol. The smallest absolute Gasteiger partial charge is 0.273 e. The molecule has 0 atom stereocenters. The number of thiophene rings is 1. The maximum atomic E-state index is 12.8. The van der Waals surface area contributed by atoms with Gasteiger partial charge < -0.3 is 4.90 Å². The number of amides is 1. The molecule has 0 aliphatic rings. The number of pyridine rings is 1. The van der Waals surface area contributed by atoms with Crippen molar-refractivity contribution in [2.75, 3.05) is 6.54 Å². The first-order valence-electron chi connectivity index (χ1n) is 7.17. The molecule has 3 rings (SSSR count). The molecule has 0 fully saturated rings. The average Bonchev–Trinajstić information content (AvgIpc) is 2.98. The van der Waals surface area contributed by atoms with Gasteiger partial charge in [0.05, 0.1) is 16.4 Å². The summed E-state index contributed by atoms with van der Waals surface area (Å²) in [6.07, 6.45) is 1.72. The van der Waals surface area contributed by atoms with Gasteiger partial charge in [0, 0.05) is 16.8 Å². The lowest BCUT2D eigenvalue weighted by molar-refractivity contribution is 0.0759. The highest BCUT2D eigenvalue weighted by Gasteiger charge is 2.17. The van der Waals surface area contributed by atoms with Gasteiger partial charge in [0.25, 0.3) is 5.91 Å². The van der Waals surface area contributed by atoms with Crippen LogP contribution in [-0.4, -0.2) is 22.3 Å². The molecule has 23 heavy (non-hydrogen) atoms. The number of halogens is 1. The van der Waals surface area contributed by atoms with Crippen molar-refractivity contribution in [1.82, 2.24) is 9.88 Å². The highest BCUT2D eigenvalue weighted by atomic mass is 35.5. The Kier molecular flexibility index (Phi) is 4.74. The molecule has 0 saturated heterocycles. The average molecular weight is 343 g/mol. The first-order chi connectivity index (χ1) is 11.2. The van der Waals surface area contributed by atoms with Gasteiger partial charge in [-0.25, -0.2) is 4.98 Å². The van der Waals surface area contributed by atoms with Gasteiger partial charge in [0.2, 0.25) is 0 Å². The van der Waals surface area contributed by atoms with Crippen molar-refractivity contribution < 1.29 is 4.79 Å². The maximum absolute atomic E-state index is 12.8. The number of rotatable bonds is 5. The normalized spacial score (nSPS) is 10.7. The Balaban J connectivity index is 1.88. The molecule has 2 aromatic heterocycles. The van der Waals surface area contributed by atoms with Crippen LogP contribution in [0.15, 0.2) is 61.2 Å². The lowest BCUT2D eigenvalue weighted by Crippen LogP contribution is -2.31. The number of fused-ring (bicyclic) bond motifs is 1. The largest absolute Gasteiger partial charge is 0.328 e. The number of para-hydroxylation sites is 1. The Morgan fingerprint density at radius 3 is 2.78 bits per heavy atom. The minimum atomic E-state index is -0.111. The summed E-state index contributed by atoms with van der Waals surface area (Å²) >= 11 is 7.44. The van der Waals surface area contributed by atoms with Crippen LogP contribution in [0.25, 0.3) is 10.9 Å². The predicted octanol–water partition coefficient (Wildman–Crippen LogP) is 4.78. The minimum Gasteiger partial charge on any atom is -0.328 e. The zero-order valence-electron chi connectivity index (χ0n) is 12.4. The SMILES string of the molecule is C=CCN(Cc1ccc(Cl)s1)C(=O)c1ccc2ccccc2n1. The molecule has 3 nitrogen and oxygen atoms in total. The Labute approximate surface area is 143 Å². The third-order valence-corrected chi connectivity index (χ3v) is 4.65. The Hall–Kier alpha value is -2.17. The van der Waals surface area contributed by atoms with E-state index in [2.05, 4.69) is 11.6 Å². The van der Waals surface area contributed by atoms with Gasteiger partial charge in [-0.1, -0.05) is 41.9 Å². The van der Waals surface area contributed by atoms with Crippen molar-refractivity contribution >= 4 is 39.7 Å². The Morgan fingerprint density at radius 2 is 2.04 bits per heavy atom. The van der Waals surface area contributed by atoms with E-state index in [4.69, 9.17) is 11.6 Å². The highest BCUT2D eigenvalue weighted by molar-refractivity contribution is 7.16.